The lowest BCUT2D eigenvalue weighted by molar-refractivity contribution is 0.249. The van der Waals surface area contributed by atoms with Crippen molar-refractivity contribution in [3.63, 3.8) is 0 Å². The van der Waals surface area contributed by atoms with Gasteiger partial charge in [-0.2, -0.15) is 5.10 Å². The van der Waals surface area contributed by atoms with Crippen molar-refractivity contribution >= 4 is 40.9 Å². The maximum Gasteiger partial charge on any atom is 0.163 e. The second-order valence-corrected chi connectivity index (χ2v) is 7.98. The number of benzene rings is 2. The predicted octanol–water partition coefficient (Wildman–Crippen LogP) is 4.27. The predicted molar refractivity (Wildman–Crippen MR) is 127 cm³/mol. The zero-order chi connectivity index (χ0) is 20.3. The number of aromatic nitrogens is 4. The molecule has 3 heterocycles. The van der Waals surface area contributed by atoms with Crippen LogP contribution in [0, 0.1) is 0 Å². The molecule has 1 aliphatic rings. The zero-order valence-electron chi connectivity index (χ0n) is 17.1. The largest absolute Gasteiger partial charge is 0.353 e. The molecule has 2 aromatic heterocycles. The molecular formula is C23H24Cl2N6. The Balaban J connectivity index is 0.00000231. The first-order chi connectivity index (χ1) is 14.8. The molecule has 0 N–H and O–H groups in total. The minimum Gasteiger partial charge on any atom is -0.353 e. The number of hydrogen-bond donors (Lipinski definition) is 0. The van der Waals surface area contributed by atoms with Crippen LogP contribution in [0.2, 0.25) is 5.02 Å². The van der Waals surface area contributed by atoms with Gasteiger partial charge >= 0.3 is 0 Å². The van der Waals surface area contributed by atoms with Gasteiger partial charge in [-0.1, -0.05) is 60.1 Å². The molecule has 0 spiro atoms. The molecule has 0 unspecified atom stereocenters. The highest BCUT2D eigenvalue weighted by atomic mass is 35.5. The van der Waals surface area contributed by atoms with Gasteiger partial charge in [0.25, 0.3) is 0 Å². The van der Waals surface area contributed by atoms with Crippen molar-refractivity contribution in [2.45, 2.75) is 13.1 Å². The average Bonchev–Trinajstić information content (AvgIpc) is 3.20. The van der Waals surface area contributed by atoms with Gasteiger partial charge < -0.3 is 4.90 Å². The van der Waals surface area contributed by atoms with E-state index in [0.717, 1.165) is 60.2 Å². The van der Waals surface area contributed by atoms with Crippen molar-refractivity contribution in [2.24, 2.45) is 0 Å². The Hall–Kier alpha value is -2.67. The van der Waals surface area contributed by atoms with Crippen LogP contribution in [0.3, 0.4) is 0 Å². The monoisotopic (exact) mass is 454 g/mol. The molecule has 6 nitrogen and oxygen atoms in total. The molecule has 1 fully saturated rings. The van der Waals surface area contributed by atoms with E-state index in [2.05, 4.69) is 55.2 Å². The molecule has 0 amide bonds. The van der Waals surface area contributed by atoms with Crippen molar-refractivity contribution < 1.29 is 0 Å². The number of halogens is 2. The Kier molecular flexibility index (Phi) is 6.70. The third-order valence-corrected chi connectivity index (χ3v) is 5.98. The topological polar surface area (TPSA) is 50.1 Å². The Morgan fingerprint density at radius 3 is 2.35 bits per heavy atom. The number of nitrogens with zero attached hydrogens (tertiary/aromatic N) is 6. The van der Waals surface area contributed by atoms with Gasteiger partial charge in [-0.25, -0.2) is 14.6 Å². The fourth-order valence-corrected chi connectivity index (χ4v) is 4.19. The summed E-state index contributed by atoms with van der Waals surface area (Å²) in [6.07, 6.45) is 3.51. The van der Waals surface area contributed by atoms with E-state index < -0.39 is 0 Å². The molecule has 0 radical (unpaired) electrons. The number of rotatable bonds is 5. The Bertz CT molecular complexity index is 1140. The molecule has 4 aromatic rings. The summed E-state index contributed by atoms with van der Waals surface area (Å²) < 4.78 is 1.90. The SMILES string of the molecule is Cl.Clc1ccccc1Cn1ncc2c(N3CCN(Cc4ccccc4)CC3)ncnc21. The molecule has 8 heteroatoms. The van der Waals surface area contributed by atoms with Gasteiger partial charge in [0.2, 0.25) is 0 Å². The highest BCUT2D eigenvalue weighted by molar-refractivity contribution is 6.31. The highest BCUT2D eigenvalue weighted by Crippen LogP contribution is 2.25. The van der Waals surface area contributed by atoms with Crippen LogP contribution in [0.1, 0.15) is 11.1 Å². The number of fused-ring (bicyclic) bond motifs is 1. The second-order valence-electron chi connectivity index (χ2n) is 7.58. The summed E-state index contributed by atoms with van der Waals surface area (Å²) in [5, 5.41) is 6.30. The second kappa shape index (κ2) is 9.64. The van der Waals surface area contributed by atoms with Gasteiger partial charge in [0, 0.05) is 37.7 Å². The molecule has 31 heavy (non-hydrogen) atoms. The van der Waals surface area contributed by atoms with Crippen LogP contribution in [0.25, 0.3) is 11.0 Å². The molecule has 5 rings (SSSR count). The lowest BCUT2D eigenvalue weighted by atomic mass is 10.2. The summed E-state index contributed by atoms with van der Waals surface area (Å²) in [7, 11) is 0. The quantitative estimate of drug-likeness (QED) is 0.450. The molecule has 0 bridgehead atoms. The lowest BCUT2D eigenvalue weighted by Crippen LogP contribution is -2.46. The summed E-state index contributed by atoms with van der Waals surface area (Å²) in [5.74, 6) is 0.963. The van der Waals surface area contributed by atoms with Crippen LogP contribution in [0.5, 0.6) is 0 Å². The number of piperazine rings is 1. The third-order valence-electron chi connectivity index (χ3n) is 5.61. The fourth-order valence-electron chi connectivity index (χ4n) is 4.00. The first kappa shape index (κ1) is 21.6. The van der Waals surface area contributed by atoms with Gasteiger partial charge in [0.05, 0.1) is 18.1 Å². The summed E-state index contributed by atoms with van der Waals surface area (Å²) in [4.78, 5) is 13.9. The summed E-state index contributed by atoms with van der Waals surface area (Å²) in [5.41, 5.74) is 3.22. The van der Waals surface area contributed by atoms with E-state index >= 15 is 0 Å². The molecule has 1 saturated heterocycles. The first-order valence-corrected chi connectivity index (χ1v) is 10.6. The summed E-state index contributed by atoms with van der Waals surface area (Å²) in [6.45, 7) is 5.47. The molecule has 0 atom stereocenters. The molecule has 0 aliphatic carbocycles. The maximum absolute atomic E-state index is 6.33. The first-order valence-electron chi connectivity index (χ1n) is 10.2. The smallest absolute Gasteiger partial charge is 0.163 e. The Labute approximate surface area is 192 Å². The van der Waals surface area contributed by atoms with E-state index in [4.69, 9.17) is 11.6 Å². The zero-order valence-corrected chi connectivity index (χ0v) is 18.6. The van der Waals surface area contributed by atoms with Gasteiger partial charge in [0.15, 0.2) is 5.65 Å². The molecule has 2 aromatic carbocycles. The van der Waals surface area contributed by atoms with Gasteiger partial charge in [-0.05, 0) is 17.2 Å². The molecule has 1 aliphatic heterocycles. The minimum absolute atomic E-state index is 0. The van der Waals surface area contributed by atoms with E-state index in [1.54, 1.807) is 6.33 Å². The van der Waals surface area contributed by atoms with Crippen LogP contribution in [-0.2, 0) is 13.1 Å². The van der Waals surface area contributed by atoms with Crippen molar-refractivity contribution in [3.8, 4) is 0 Å². The van der Waals surface area contributed by atoms with Gasteiger partial charge in [-0.3, -0.25) is 4.90 Å². The van der Waals surface area contributed by atoms with Gasteiger partial charge in [-0.15, -0.1) is 12.4 Å². The van der Waals surface area contributed by atoms with Crippen molar-refractivity contribution in [1.82, 2.24) is 24.6 Å². The van der Waals surface area contributed by atoms with E-state index in [1.165, 1.54) is 5.56 Å². The van der Waals surface area contributed by atoms with E-state index in [1.807, 2.05) is 35.1 Å². The summed E-state index contributed by atoms with van der Waals surface area (Å²) in [6, 6.07) is 18.5. The molecule has 160 valence electrons. The normalized spacial score (nSPS) is 14.5. The van der Waals surface area contributed by atoms with E-state index in [0.29, 0.717) is 6.54 Å². The van der Waals surface area contributed by atoms with Crippen LogP contribution < -0.4 is 4.90 Å². The van der Waals surface area contributed by atoms with Crippen molar-refractivity contribution in [3.05, 3.63) is 83.3 Å². The van der Waals surface area contributed by atoms with Crippen molar-refractivity contribution in [1.29, 1.82) is 0 Å². The number of hydrogen-bond acceptors (Lipinski definition) is 5. The Morgan fingerprint density at radius 1 is 0.839 bits per heavy atom. The molecular weight excluding hydrogens is 431 g/mol. The van der Waals surface area contributed by atoms with Crippen LogP contribution in [0.4, 0.5) is 5.82 Å². The van der Waals surface area contributed by atoms with E-state index in [-0.39, 0.29) is 12.4 Å². The lowest BCUT2D eigenvalue weighted by Gasteiger charge is -2.35. The highest BCUT2D eigenvalue weighted by Gasteiger charge is 2.21. The number of anilines is 1. The van der Waals surface area contributed by atoms with E-state index in [9.17, 15) is 0 Å². The van der Waals surface area contributed by atoms with Crippen LogP contribution in [-0.4, -0.2) is 50.8 Å². The standard InChI is InChI=1S/C23H23ClN6.ClH/c24-21-9-5-4-8-19(21)16-30-23-20(14-27-30)22(25-17-26-23)29-12-10-28(11-13-29)15-18-6-2-1-3-7-18;/h1-9,14,17H,10-13,15-16H2;1H. The summed E-state index contributed by atoms with van der Waals surface area (Å²) >= 11 is 6.33. The minimum atomic E-state index is 0. The third kappa shape index (κ3) is 4.66. The molecule has 0 saturated carbocycles. The van der Waals surface area contributed by atoms with Crippen LogP contribution >= 0.6 is 24.0 Å². The fraction of sp³-hybridized carbons (Fsp3) is 0.261. The Morgan fingerprint density at radius 2 is 1.58 bits per heavy atom. The maximum atomic E-state index is 6.33. The van der Waals surface area contributed by atoms with Gasteiger partial charge in [0.1, 0.15) is 12.1 Å². The van der Waals surface area contributed by atoms with Crippen LogP contribution in [0.15, 0.2) is 67.1 Å². The van der Waals surface area contributed by atoms with Crippen molar-refractivity contribution in [2.75, 3.05) is 31.1 Å². The average molecular weight is 455 g/mol.